The second-order valence-electron chi connectivity index (χ2n) is 5.74. The molecule has 0 saturated heterocycles. The lowest BCUT2D eigenvalue weighted by atomic mass is 9.99. The minimum atomic E-state index is -0.208. The largest absolute Gasteiger partial charge is 0.871 e. The number of benzene rings is 2. The van der Waals surface area contributed by atoms with E-state index in [9.17, 15) is 9.50 Å². The van der Waals surface area contributed by atoms with Crippen LogP contribution in [0.4, 0.5) is 4.39 Å². The lowest BCUT2D eigenvalue weighted by Crippen LogP contribution is -3.11. The number of hydrogen-bond acceptors (Lipinski definition) is 1. The smallest absolute Gasteiger partial charge is 0.123 e. The number of halogens is 3. The van der Waals surface area contributed by atoms with Crippen LogP contribution < -0.4 is 10.0 Å². The van der Waals surface area contributed by atoms with Crippen molar-refractivity contribution in [2.24, 2.45) is 0 Å². The first-order chi connectivity index (χ1) is 11.0. The van der Waals surface area contributed by atoms with E-state index in [4.69, 9.17) is 0 Å². The molecule has 0 radical (unpaired) electrons. The van der Waals surface area contributed by atoms with Gasteiger partial charge in [-0.15, -0.1) is 0 Å². The topological polar surface area (TPSA) is 27.5 Å². The summed E-state index contributed by atoms with van der Waals surface area (Å²) in [5.74, 6) is -0.144. The second-order valence-corrected chi connectivity index (χ2v) is 7.51. The van der Waals surface area contributed by atoms with Crippen LogP contribution in [0.25, 0.3) is 5.57 Å². The summed E-state index contributed by atoms with van der Waals surface area (Å²) >= 11 is 6.75. The maximum Gasteiger partial charge on any atom is 0.123 e. The summed E-state index contributed by atoms with van der Waals surface area (Å²) in [6.45, 7) is 2.55. The minimum absolute atomic E-state index is 0.0639. The normalized spacial score (nSPS) is 17.9. The van der Waals surface area contributed by atoms with Gasteiger partial charge in [0, 0.05) is 20.9 Å². The summed E-state index contributed by atoms with van der Waals surface area (Å²) in [6.07, 6.45) is 3.13. The van der Waals surface area contributed by atoms with Crippen molar-refractivity contribution < 1.29 is 14.4 Å². The fourth-order valence-corrected chi connectivity index (χ4v) is 4.20. The van der Waals surface area contributed by atoms with Gasteiger partial charge in [-0.05, 0) is 41.5 Å². The molecule has 1 aliphatic heterocycles. The molecule has 0 spiro atoms. The first-order valence-electron chi connectivity index (χ1n) is 7.46. The second kappa shape index (κ2) is 7.16. The van der Waals surface area contributed by atoms with Crippen molar-refractivity contribution in [3.63, 3.8) is 0 Å². The highest BCUT2D eigenvalue weighted by molar-refractivity contribution is 9.11. The van der Waals surface area contributed by atoms with E-state index >= 15 is 0 Å². The summed E-state index contributed by atoms with van der Waals surface area (Å²) in [4.78, 5) is 1.36. The fourth-order valence-electron chi connectivity index (χ4n) is 2.88. The number of hydrogen-bond donors (Lipinski definition) is 1. The van der Waals surface area contributed by atoms with E-state index in [1.165, 1.54) is 22.6 Å². The van der Waals surface area contributed by atoms with Crippen LogP contribution in [0.3, 0.4) is 0 Å². The molecule has 0 fully saturated rings. The Balaban J connectivity index is 1.70. The number of nitrogens with one attached hydrogen (secondary N) is 1. The van der Waals surface area contributed by atoms with Gasteiger partial charge in [-0.3, -0.25) is 0 Å². The van der Waals surface area contributed by atoms with Crippen molar-refractivity contribution in [3.8, 4) is 5.75 Å². The third kappa shape index (κ3) is 4.03. The molecule has 5 heteroatoms. The molecule has 0 aliphatic carbocycles. The monoisotopic (exact) mass is 439 g/mol. The summed E-state index contributed by atoms with van der Waals surface area (Å²) < 4.78 is 14.5. The van der Waals surface area contributed by atoms with Gasteiger partial charge in [-0.1, -0.05) is 49.7 Å². The van der Waals surface area contributed by atoms with E-state index in [1.807, 2.05) is 18.2 Å². The lowest BCUT2D eigenvalue weighted by Gasteiger charge is -2.26. The summed E-state index contributed by atoms with van der Waals surface area (Å²) in [7, 11) is 0. The van der Waals surface area contributed by atoms with Gasteiger partial charge in [0.15, 0.2) is 0 Å². The quantitative estimate of drug-likeness (QED) is 0.778. The van der Waals surface area contributed by atoms with Crippen molar-refractivity contribution >= 4 is 37.4 Å². The third-order valence-electron chi connectivity index (χ3n) is 4.13. The first-order valence-corrected chi connectivity index (χ1v) is 9.05. The SMILES string of the molecule is [O-]c1c(Br)cc(Br)cc1C[NH+]1CC=C(c2ccc(F)cc2)CC1. The zero-order chi connectivity index (χ0) is 16.4. The van der Waals surface area contributed by atoms with Gasteiger partial charge in [0.1, 0.15) is 12.4 Å². The van der Waals surface area contributed by atoms with Gasteiger partial charge in [0.2, 0.25) is 0 Å². The van der Waals surface area contributed by atoms with E-state index in [0.29, 0.717) is 11.0 Å². The average molecular weight is 441 g/mol. The molecule has 1 unspecified atom stereocenters. The Morgan fingerprint density at radius 2 is 1.87 bits per heavy atom. The third-order valence-corrected chi connectivity index (χ3v) is 5.17. The van der Waals surface area contributed by atoms with Crippen LogP contribution in [-0.4, -0.2) is 13.1 Å². The van der Waals surface area contributed by atoms with Crippen LogP contribution in [0.5, 0.6) is 5.75 Å². The molecule has 0 aromatic heterocycles. The van der Waals surface area contributed by atoms with Crippen LogP contribution in [-0.2, 0) is 6.54 Å². The van der Waals surface area contributed by atoms with Crippen LogP contribution in [0, 0.1) is 5.82 Å². The number of quaternary nitrogens is 1. The Morgan fingerprint density at radius 3 is 2.52 bits per heavy atom. The Hall–Kier alpha value is -1.17. The highest BCUT2D eigenvalue weighted by atomic mass is 79.9. The van der Waals surface area contributed by atoms with Gasteiger partial charge in [-0.2, -0.15) is 0 Å². The maximum absolute atomic E-state index is 13.0. The van der Waals surface area contributed by atoms with Crippen molar-refractivity contribution in [1.29, 1.82) is 0 Å². The van der Waals surface area contributed by atoms with Crippen molar-refractivity contribution in [3.05, 3.63) is 68.4 Å². The van der Waals surface area contributed by atoms with E-state index < -0.39 is 0 Å². The van der Waals surface area contributed by atoms with Gasteiger partial charge in [0.05, 0.1) is 13.1 Å². The standard InChI is InChI=1S/C18H16Br2FNO/c19-15-9-14(18(23)17(20)10-15)11-22-7-5-13(6-8-22)12-1-3-16(21)4-2-12/h1-5,9-10,23H,6-8,11H2. The summed E-state index contributed by atoms with van der Waals surface area (Å²) in [5, 5.41) is 12.2. The highest BCUT2D eigenvalue weighted by Gasteiger charge is 2.17. The Labute approximate surface area is 151 Å². The number of rotatable bonds is 3. The molecule has 0 bridgehead atoms. The first kappa shape index (κ1) is 16.7. The molecule has 120 valence electrons. The van der Waals surface area contributed by atoms with E-state index in [0.717, 1.165) is 35.1 Å². The molecule has 3 rings (SSSR count). The Morgan fingerprint density at radius 1 is 1.13 bits per heavy atom. The fraction of sp³-hybridized carbons (Fsp3) is 0.222. The summed E-state index contributed by atoms with van der Waals surface area (Å²) in [5.41, 5.74) is 3.16. The predicted octanol–water partition coefficient (Wildman–Crippen LogP) is 3.30. The van der Waals surface area contributed by atoms with Crippen LogP contribution in [0.1, 0.15) is 17.5 Å². The van der Waals surface area contributed by atoms with E-state index in [-0.39, 0.29) is 11.6 Å². The Bertz CT molecular complexity index is 743. The lowest BCUT2D eigenvalue weighted by molar-refractivity contribution is -0.909. The van der Waals surface area contributed by atoms with Crippen LogP contribution in [0.15, 0.2) is 51.4 Å². The highest BCUT2D eigenvalue weighted by Crippen LogP contribution is 2.29. The molecule has 0 saturated carbocycles. The molecular formula is C18H16Br2FNO. The maximum atomic E-state index is 13.0. The van der Waals surface area contributed by atoms with Crippen molar-refractivity contribution in [2.75, 3.05) is 13.1 Å². The molecule has 1 atom stereocenters. The van der Waals surface area contributed by atoms with Crippen molar-refractivity contribution in [1.82, 2.24) is 0 Å². The molecule has 2 aromatic rings. The zero-order valence-corrected chi connectivity index (χ0v) is 15.6. The van der Waals surface area contributed by atoms with E-state index in [1.54, 1.807) is 6.07 Å². The Kier molecular flexibility index (Phi) is 5.19. The molecule has 23 heavy (non-hydrogen) atoms. The molecule has 2 nitrogen and oxygen atoms in total. The van der Waals surface area contributed by atoms with Gasteiger partial charge in [-0.25, -0.2) is 4.39 Å². The van der Waals surface area contributed by atoms with Crippen LogP contribution >= 0.6 is 31.9 Å². The van der Waals surface area contributed by atoms with Gasteiger partial charge < -0.3 is 10.0 Å². The average Bonchev–Trinajstić information content (AvgIpc) is 2.54. The molecule has 1 heterocycles. The predicted molar refractivity (Wildman–Crippen MR) is 94.7 cm³/mol. The molecule has 1 N–H and O–H groups in total. The minimum Gasteiger partial charge on any atom is -0.871 e. The summed E-state index contributed by atoms with van der Waals surface area (Å²) in [6, 6.07) is 10.3. The van der Waals surface area contributed by atoms with Crippen LogP contribution in [0.2, 0.25) is 0 Å². The van der Waals surface area contributed by atoms with Gasteiger partial charge in [0.25, 0.3) is 0 Å². The molecule has 0 amide bonds. The van der Waals surface area contributed by atoms with Crippen molar-refractivity contribution in [2.45, 2.75) is 13.0 Å². The molecule has 2 aromatic carbocycles. The van der Waals surface area contributed by atoms with Gasteiger partial charge >= 0.3 is 0 Å². The molecular weight excluding hydrogens is 425 g/mol. The van der Waals surface area contributed by atoms with E-state index in [2.05, 4.69) is 37.9 Å². The zero-order valence-electron chi connectivity index (χ0n) is 12.4. The molecule has 1 aliphatic rings.